The van der Waals surface area contributed by atoms with Crippen LogP contribution in [0.3, 0.4) is 0 Å². The summed E-state index contributed by atoms with van der Waals surface area (Å²) < 4.78 is 23.7. The van der Waals surface area contributed by atoms with Crippen LogP contribution >= 0.6 is 0 Å². The maximum Gasteiger partial charge on any atom is 0.137 e. The number of nitrogens with two attached hydrogens (primary N) is 1. The highest BCUT2D eigenvalue weighted by atomic mass is 32.2. The predicted octanol–water partition coefficient (Wildman–Crippen LogP) is 2.39. The van der Waals surface area contributed by atoms with Crippen LogP contribution in [0.1, 0.15) is 5.56 Å². The van der Waals surface area contributed by atoms with E-state index in [2.05, 4.69) is 0 Å². The fourth-order valence-electron chi connectivity index (χ4n) is 2.48. The molecule has 0 fully saturated rings. The number of hydrogen-bond acceptors (Lipinski definition) is 4. The maximum atomic E-state index is 12.6. The molecule has 0 aromatic heterocycles. The van der Waals surface area contributed by atoms with Gasteiger partial charge in [0.15, 0.2) is 0 Å². The Morgan fingerprint density at radius 2 is 2.14 bits per heavy atom. The molecule has 2 atom stereocenters. The van der Waals surface area contributed by atoms with E-state index in [1.54, 1.807) is 25.3 Å². The summed E-state index contributed by atoms with van der Waals surface area (Å²) in [7, 11) is 0.366. The van der Waals surface area contributed by atoms with Crippen LogP contribution in [0.25, 0.3) is 0 Å². The summed E-state index contributed by atoms with van der Waals surface area (Å²) >= 11 is 0. The molecule has 0 spiro atoms. The van der Waals surface area contributed by atoms with E-state index in [1.807, 2.05) is 24.3 Å². The average Bonchev–Trinajstić information content (AvgIpc) is 2.88. The van der Waals surface area contributed by atoms with E-state index < -0.39 is 10.8 Å². The van der Waals surface area contributed by atoms with Crippen LogP contribution in [-0.2, 0) is 17.2 Å². The molecule has 2 N–H and O–H groups in total. The summed E-state index contributed by atoms with van der Waals surface area (Å²) in [5, 5.41) is 0. The number of nitrogen functional groups attached to an aromatic ring is 1. The number of fused-ring (bicyclic) bond motifs is 1. The first-order valence-electron chi connectivity index (χ1n) is 6.74. The number of hydrogen-bond donors (Lipinski definition) is 1. The topological polar surface area (TPSA) is 61.5 Å². The molecule has 0 saturated carbocycles. The Kier molecular flexibility index (Phi) is 3.84. The zero-order chi connectivity index (χ0) is 14.8. The van der Waals surface area contributed by atoms with Gasteiger partial charge in [-0.3, -0.25) is 4.21 Å². The van der Waals surface area contributed by atoms with E-state index in [0.717, 1.165) is 12.2 Å². The van der Waals surface area contributed by atoms with Crippen molar-refractivity contribution >= 4 is 16.5 Å². The first-order chi connectivity index (χ1) is 10.2. The monoisotopic (exact) mass is 303 g/mol. The lowest BCUT2D eigenvalue weighted by molar-refractivity contribution is 0.258. The molecule has 1 heterocycles. The molecule has 0 aliphatic carbocycles. The third-order valence-corrected chi connectivity index (χ3v) is 4.99. The molecule has 0 radical (unpaired) electrons. The molecule has 21 heavy (non-hydrogen) atoms. The second kappa shape index (κ2) is 5.77. The first-order valence-corrected chi connectivity index (χ1v) is 8.05. The predicted molar refractivity (Wildman–Crippen MR) is 83.2 cm³/mol. The standard InChI is InChI=1S/C16H17NO3S/c1-19-15-9-12(17)6-7-16(15)21(18)10-13-8-11-4-2-3-5-14(11)20-13/h2-7,9,13H,8,10,17H2,1H3. The van der Waals surface area contributed by atoms with Gasteiger partial charge in [-0.1, -0.05) is 18.2 Å². The summed E-state index contributed by atoms with van der Waals surface area (Å²) in [6.07, 6.45) is 0.727. The molecule has 110 valence electrons. The zero-order valence-electron chi connectivity index (χ0n) is 11.7. The molecule has 0 bridgehead atoms. The van der Waals surface area contributed by atoms with Gasteiger partial charge >= 0.3 is 0 Å². The number of benzene rings is 2. The molecule has 5 heteroatoms. The molecular weight excluding hydrogens is 286 g/mol. The van der Waals surface area contributed by atoms with Crippen molar-refractivity contribution in [1.29, 1.82) is 0 Å². The van der Waals surface area contributed by atoms with Gasteiger partial charge in [0.1, 0.15) is 17.6 Å². The lowest BCUT2D eigenvalue weighted by Gasteiger charge is -2.13. The summed E-state index contributed by atoms with van der Waals surface area (Å²) in [4.78, 5) is 0.659. The molecule has 2 unspecified atom stereocenters. The van der Waals surface area contributed by atoms with Crippen molar-refractivity contribution < 1.29 is 13.7 Å². The molecule has 0 amide bonds. The fourth-order valence-corrected chi connectivity index (χ4v) is 3.77. The summed E-state index contributed by atoms with van der Waals surface area (Å²) in [5.74, 6) is 1.89. The van der Waals surface area contributed by atoms with Crippen LogP contribution in [0.15, 0.2) is 47.4 Å². The van der Waals surface area contributed by atoms with E-state index in [9.17, 15) is 4.21 Å². The third kappa shape index (κ3) is 2.88. The Morgan fingerprint density at radius 1 is 1.33 bits per heavy atom. The van der Waals surface area contributed by atoms with Gasteiger partial charge in [-0.05, 0) is 23.8 Å². The molecule has 3 rings (SSSR count). The van der Waals surface area contributed by atoms with E-state index in [1.165, 1.54) is 5.56 Å². The highest BCUT2D eigenvalue weighted by molar-refractivity contribution is 7.85. The Hall–Kier alpha value is -2.01. The summed E-state index contributed by atoms with van der Waals surface area (Å²) in [5.41, 5.74) is 7.49. The second-order valence-corrected chi connectivity index (χ2v) is 6.44. The highest BCUT2D eigenvalue weighted by Gasteiger charge is 2.25. The lowest BCUT2D eigenvalue weighted by Crippen LogP contribution is -2.22. The number of para-hydroxylation sites is 1. The Bertz CT molecular complexity index is 662. The molecule has 1 aliphatic rings. The van der Waals surface area contributed by atoms with Gasteiger partial charge in [0.05, 0.1) is 28.6 Å². The molecule has 1 aliphatic heterocycles. The van der Waals surface area contributed by atoms with Crippen molar-refractivity contribution in [2.45, 2.75) is 17.4 Å². The van der Waals surface area contributed by atoms with Gasteiger partial charge in [-0.15, -0.1) is 0 Å². The number of rotatable bonds is 4. The lowest BCUT2D eigenvalue weighted by atomic mass is 10.1. The minimum atomic E-state index is -1.19. The van der Waals surface area contributed by atoms with Gasteiger partial charge in [-0.25, -0.2) is 0 Å². The van der Waals surface area contributed by atoms with Crippen molar-refractivity contribution in [3.8, 4) is 11.5 Å². The largest absolute Gasteiger partial charge is 0.495 e. The van der Waals surface area contributed by atoms with E-state index in [4.69, 9.17) is 15.2 Å². The van der Waals surface area contributed by atoms with Crippen molar-refractivity contribution in [3.05, 3.63) is 48.0 Å². The summed E-state index contributed by atoms with van der Waals surface area (Å²) in [6.45, 7) is 0. The van der Waals surface area contributed by atoms with Gasteiger partial charge in [0.25, 0.3) is 0 Å². The van der Waals surface area contributed by atoms with Gasteiger partial charge < -0.3 is 15.2 Å². The van der Waals surface area contributed by atoms with E-state index in [-0.39, 0.29) is 6.10 Å². The average molecular weight is 303 g/mol. The SMILES string of the molecule is COc1cc(N)ccc1S(=O)CC1Cc2ccccc2O1. The Balaban J connectivity index is 1.74. The van der Waals surface area contributed by atoms with Crippen LogP contribution in [0.4, 0.5) is 5.69 Å². The van der Waals surface area contributed by atoms with E-state index in [0.29, 0.717) is 22.1 Å². The molecule has 2 aromatic rings. The maximum absolute atomic E-state index is 12.6. The van der Waals surface area contributed by atoms with Crippen LogP contribution in [0.5, 0.6) is 11.5 Å². The van der Waals surface area contributed by atoms with Gasteiger partial charge in [-0.2, -0.15) is 0 Å². The van der Waals surface area contributed by atoms with Crippen LogP contribution in [-0.4, -0.2) is 23.2 Å². The first kappa shape index (κ1) is 13.9. The minimum absolute atomic E-state index is 0.0644. The smallest absolute Gasteiger partial charge is 0.137 e. The Morgan fingerprint density at radius 3 is 2.90 bits per heavy atom. The molecule has 2 aromatic carbocycles. The molecule has 4 nitrogen and oxygen atoms in total. The van der Waals surface area contributed by atoms with Crippen molar-refractivity contribution in [3.63, 3.8) is 0 Å². The van der Waals surface area contributed by atoms with E-state index >= 15 is 0 Å². The van der Waals surface area contributed by atoms with Gasteiger partial charge in [0, 0.05) is 18.2 Å². The van der Waals surface area contributed by atoms with Crippen molar-refractivity contribution in [2.75, 3.05) is 18.6 Å². The van der Waals surface area contributed by atoms with Crippen LogP contribution in [0.2, 0.25) is 0 Å². The zero-order valence-corrected chi connectivity index (χ0v) is 12.6. The summed E-state index contributed by atoms with van der Waals surface area (Å²) in [6, 6.07) is 13.1. The second-order valence-electron chi connectivity index (χ2n) is 4.97. The fraction of sp³-hybridized carbons (Fsp3) is 0.250. The quantitative estimate of drug-likeness (QED) is 0.881. The highest BCUT2D eigenvalue weighted by Crippen LogP contribution is 2.30. The molecule has 0 saturated heterocycles. The molecular formula is C16H17NO3S. The Labute approximate surface area is 126 Å². The van der Waals surface area contributed by atoms with Crippen LogP contribution < -0.4 is 15.2 Å². The van der Waals surface area contributed by atoms with Crippen molar-refractivity contribution in [2.24, 2.45) is 0 Å². The van der Waals surface area contributed by atoms with Gasteiger partial charge in [0.2, 0.25) is 0 Å². The number of ether oxygens (including phenoxy) is 2. The third-order valence-electron chi connectivity index (χ3n) is 3.48. The van der Waals surface area contributed by atoms with Crippen molar-refractivity contribution in [1.82, 2.24) is 0 Å². The number of methoxy groups -OCH3 is 1. The number of anilines is 1. The van der Waals surface area contributed by atoms with Crippen LogP contribution in [0, 0.1) is 0 Å². The normalized spacial score (nSPS) is 17.9. The minimum Gasteiger partial charge on any atom is -0.495 e.